The first-order valence-electron chi connectivity index (χ1n) is 13.1. The Kier molecular flexibility index (Phi) is 7.18. The Morgan fingerprint density at radius 1 is 0.907 bits per heavy atom. The summed E-state index contributed by atoms with van der Waals surface area (Å²) in [6.07, 6.45) is 0. The van der Waals surface area contributed by atoms with Gasteiger partial charge in [0, 0.05) is 22.1 Å². The van der Waals surface area contributed by atoms with E-state index in [4.69, 9.17) is 11.3 Å². The van der Waals surface area contributed by atoms with Gasteiger partial charge in [0.15, 0.2) is 0 Å². The number of halogens is 1. The van der Waals surface area contributed by atoms with Gasteiger partial charge in [-0.15, -0.1) is 0 Å². The Hall–Kier alpha value is -5.04. The van der Waals surface area contributed by atoms with Crippen LogP contribution in [0.1, 0.15) is 15.9 Å². The number of carbonyl (C=O) groups is 1. The number of esters is 1. The number of benzene rings is 4. The van der Waals surface area contributed by atoms with E-state index in [9.17, 15) is 17.6 Å². The molecule has 9 heteroatoms. The predicted molar refractivity (Wildman–Crippen MR) is 167 cm³/mol. The fraction of sp³-hybridized carbons (Fsp3) is 0.0588. The number of rotatable bonds is 6. The molecule has 0 spiro atoms. The minimum absolute atomic E-state index is 0.0809. The molecule has 0 amide bonds. The van der Waals surface area contributed by atoms with Crippen molar-refractivity contribution in [3.05, 3.63) is 131 Å². The van der Waals surface area contributed by atoms with Crippen LogP contribution < -0.4 is 0 Å². The summed E-state index contributed by atoms with van der Waals surface area (Å²) in [5, 5.41) is 2.51. The van der Waals surface area contributed by atoms with E-state index in [1.54, 1.807) is 66.0 Å². The van der Waals surface area contributed by atoms with Crippen LogP contribution >= 0.6 is 11.3 Å². The fourth-order valence-corrected chi connectivity index (χ4v) is 7.40. The first-order valence-corrected chi connectivity index (χ1v) is 15.5. The lowest BCUT2D eigenvalue weighted by atomic mass is 9.96. The lowest BCUT2D eigenvalue weighted by molar-refractivity contribution is 0.0600. The fourth-order valence-electron chi connectivity index (χ4n) is 5.18. The van der Waals surface area contributed by atoms with E-state index in [0.717, 1.165) is 16.7 Å². The van der Waals surface area contributed by atoms with Gasteiger partial charge in [-0.05, 0) is 72.0 Å². The van der Waals surface area contributed by atoms with Crippen LogP contribution in [0.25, 0.3) is 49.3 Å². The number of hydrogen-bond donors (Lipinski definition) is 0. The van der Waals surface area contributed by atoms with Crippen molar-refractivity contribution in [3.63, 3.8) is 0 Å². The van der Waals surface area contributed by atoms with Crippen molar-refractivity contribution in [1.29, 1.82) is 0 Å². The van der Waals surface area contributed by atoms with E-state index in [0.29, 0.717) is 43.9 Å². The number of carbonyl (C=O) groups excluding carboxylic acids is 1. The summed E-state index contributed by atoms with van der Waals surface area (Å²) >= 11 is 1.24. The van der Waals surface area contributed by atoms with Gasteiger partial charge in [0.25, 0.3) is 10.0 Å². The monoisotopic (exact) mass is 606 g/mol. The molecule has 212 valence electrons. The van der Waals surface area contributed by atoms with Gasteiger partial charge in [0.1, 0.15) is 5.82 Å². The number of aryl methyl sites for hydroxylation is 1. The lowest BCUT2D eigenvalue weighted by Crippen LogP contribution is -2.14. The molecule has 0 aliphatic carbocycles. The third kappa shape index (κ3) is 4.91. The highest BCUT2D eigenvalue weighted by Crippen LogP contribution is 2.48. The Morgan fingerprint density at radius 2 is 1.63 bits per heavy atom. The SMILES string of the molecule is [C-]#[N+]c1sccc1-c1c(-c2cccc(-c3ccc(C(=O)OC)cc3)c2)n(S(=O)(=O)c2ccc(C)cc2)c2ccc(F)cc12. The maximum atomic E-state index is 14.8. The Labute approximate surface area is 252 Å². The van der Waals surface area contributed by atoms with Crippen molar-refractivity contribution in [2.45, 2.75) is 11.8 Å². The van der Waals surface area contributed by atoms with Crippen LogP contribution in [0.3, 0.4) is 0 Å². The molecular formula is C34H23FN2O4S2. The van der Waals surface area contributed by atoms with Gasteiger partial charge in [0.05, 0.1) is 35.4 Å². The third-order valence-electron chi connectivity index (χ3n) is 7.24. The van der Waals surface area contributed by atoms with Crippen LogP contribution in [-0.4, -0.2) is 25.5 Å². The molecule has 2 aromatic heterocycles. The van der Waals surface area contributed by atoms with Crippen molar-refractivity contribution in [2.75, 3.05) is 7.11 Å². The van der Waals surface area contributed by atoms with Crippen molar-refractivity contribution in [3.8, 4) is 33.5 Å². The summed E-state index contributed by atoms with van der Waals surface area (Å²) in [4.78, 5) is 15.7. The standard InChI is InChI=1S/C34H23FN2O4S2/c1-21-7-14-27(15-8-21)43(39,40)37-30-16-13-26(35)20-29(30)31(28-17-18-42-33(28)36-2)32(37)25-6-4-5-24(19-25)22-9-11-23(12-10-22)34(38)41-3/h4-20H,1,3H3. The second kappa shape index (κ2) is 11.0. The van der Waals surface area contributed by atoms with Gasteiger partial charge < -0.3 is 4.74 Å². The van der Waals surface area contributed by atoms with Gasteiger partial charge in [-0.25, -0.2) is 26.4 Å². The Morgan fingerprint density at radius 3 is 2.33 bits per heavy atom. The van der Waals surface area contributed by atoms with E-state index in [2.05, 4.69) is 4.85 Å². The van der Waals surface area contributed by atoms with Crippen LogP contribution in [0, 0.1) is 19.3 Å². The number of ether oxygens (including phenoxy) is 1. The van der Waals surface area contributed by atoms with Crippen LogP contribution in [0.4, 0.5) is 9.39 Å². The molecule has 0 atom stereocenters. The third-order valence-corrected chi connectivity index (χ3v) is 9.77. The predicted octanol–water partition coefficient (Wildman–Crippen LogP) is 8.73. The molecular weight excluding hydrogens is 584 g/mol. The minimum atomic E-state index is -4.19. The molecule has 43 heavy (non-hydrogen) atoms. The largest absolute Gasteiger partial charge is 0.465 e. The topological polar surface area (TPSA) is 69.7 Å². The van der Waals surface area contributed by atoms with E-state index >= 15 is 0 Å². The second-order valence-corrected chi connectivity index (χ2v) is 12.5. The molecule has 0 radical (unpaired) electrons. The maximum absolute atomic E-state index is 14.8. The Balaban J connectivity index is 1.68. The normalized spacial score (nSPS) is 11.4. The zero-order valence-electron chi connectivity index (χ0n) is 23.0. The van der Waals surface area contributed by atoms with Gasteiger partial charge in [-0.2, -0.15) is 11.3 Å². The number of methoxy groups -OCH3 is 1. The van der Waals surface area contributed by atoms with Crippen LogP contribution in [0.2, 0.25) is 0 Å². The minimum Gasteiger partial charge on any atom is -0.465 e. The highest BCUT2D eigenvalue weighted by atomic mass is 32.2. The molecule has 0 unspecified atom stereocenters. The molecule has 6 rings (SSSR count). The van der Waals surface area contributed by atoms with E-state index < -0.39 is 21.8 Å². The molecule has 0 fully saturated rings. The molecule has 6 aromatic rings. The number of aromatic nitrogens is 1. The van der Waals surface area contributed by atoms with Crippen LogP contribution in [0.15, 0.2) is 107 Å². The molecule has 0 saturated heterocycles. The van der Waals surface area contributed by atoms with E-state index in [-0.39, 0.29) is 4.90 Å². The number of nitrogens with zero attached hydrogens (tertiary/aromatic N) is 2. The molecule has 0 aliphatic heterocycles. The van der Waals surface area contributed by atoms with Gasteiger partial charge >= 0.3 is 5.97 Å². The first kappa shape index (κ1) is 28.1. The maximum Gasteiger partial charge on any atom is 0.337 e. The highest BCUT2D eigenvalue weighted by molar-refractivity contribution is 7.90. The smallest absolute Gasteiger partial charge is 0.337 e. The molecule has 0 aliphatic rings. The molecule has 6 nitrogen and oxygen atoms in total. The summed E-state index contributed by atoms with van der Waals surface area (Å²) in [7, 11) is -2.87. The average molecular weight is 607 g/mol. The Bertz CT molecular complexity index is 2170. The van der Waals surface area contributed by atoms with Gasteiger partial charge in [-0.1, -0.05) is 54.1 Å². The summed E-state index contributed by atoms with van der Waals surface area (Å²) in [5.74, 6) is -0.974. The molecule has 2 heterocycles. The number of thiophene rings is 1. The summed E-state index contributed by atoms with van der Waals surface area (Å²) < 4.78 is 49.7. The van der Waals surface area contributed by atoms with Crippen LogP contribution in [-0.2, 0) is 14.8 Å². The summed E-state index contributed by atoms with van der Waals surface area (Å²) in [5.41, 5.74) is 5.02. The average Bonchev–Trinajstić information content (AvgIpc) is 3.63. The number of hydrogen-bond acceptors (Lipinski definition) is 5. The van der Waals surface area contributed by atoms with Crippen molar-refractivity contribution in [1.82, 2.24) is 3.97 Å². The second-order valence-electron chi connectivity index (χ2n) is 9.87. The molecule has 4 aromatic carbocycles. The zero-order chi connectivity index (χ0) is 30.3. The van der Waals surface area contributed by atoms with Gasteiger partial charge in [-0.3, -0.25) is 0 Å². The summed E-state index contributed by atoms with van der Waals surface area (Å²) in [6, 6.07) is 26.6. The summed E-state index contributed by atoms with van der Waals surface area (Å²) in [6.45, 7) is 9.65. The molecule has 0 bridgehead atoms. The molecule has 0 N–H and O–H groups in total. The first-order chi connectivity index (χ1) is 20.7. The van der Waals surface area contributed by atoms with E-state index in [1.165, 1.54) is 40.6 Å². The highest BCUT2D eigenvalue weighted by Gasteiger charge is 2.30. The number of fused-ring (bicyclic) bond motifs is 1. The van der Waals surface area contributed by atoms with Gasteiger partial charge in [0.2, 0.25) is 5.00 Å². The zero-order valence-corrected chi connectivity index (χ0v) is 24.7. The van der Waals surface area contributed by atoms with Crippen molar-refractivity contribution >= 4 is 43.2 Å². The van der Waals surface area contributed by atoms with Crippen LogP contribution in [0.5, 0.6) is 0 Å². The quantitative estimate of drug-likeness (QED) is 0.140. The lowest BCUT2D eigenvalue weighted by Gasteiger charge is -2.15. The van der Waals surface area contributed by atoms with E-state index in [1.807, 2.05) is 25.1 Å². The van der Waals surface area contributed by atoms with Crippen molar-refractivity contribution in [2.24, 2.45) is 0 Å². The molecule has 0 saturated carbocycles. The van der Waals surface area contributed by atoms with Crippen molar-refractivity contribution < 1.29 is 22.3 Å².